The monoisotopic (exact) mass is 315 g/mol. The van der Waals surface area contributed by atoms with Crippen LogP contribution in [0.4, 0.5) is 0 Å². The molecule has 1 aromatic carbocycles. The van der Waals surface area contributed by atoms with Crippen LogP contribution in [0.5, 0.6) is 0 Å². The van der Waals surface area contributed by atoms with Crippen molar-refractivity contribution in [2.45, 2.75) is 0 Å². The fraction of sp³-hybridized carbons (Fsp3) is 0.0769. The molecule has 0 fully saturated rings. The number of benzene rings is 1. The summed E-state index contributed by atoms with van der Waals surface area (Å²) in [6, 6.07) is 6.80. The van der Waals surface area contributed by atoms with Crippen molar-refractivity contribution in [3.63, 3.8) is 0 Å². The minimum absolute atomic E-state index is 0.0768. The van der Waals surface area contributed by atoms with E-state index in [1.807, 2.05) is 0 Å². The molecule has 98 valence electrons. The molecule has 0 saturated heterocycles. The van der Waals surface area contributed by atoms with E-state index in [1.165, 1.54) is 13.3 Å². The van der Waals surface area contributed by atoms with Crippen LogP contribution in [0.3, 0.4) is 0 Å². The van der Waals surface area contributed by atoms with Crippen LogP contribution in [0.15, 0.2) is 30.5 Å². The Bertz CT molecular complexity index is 644. The number of carbonyl (C=O) groups is 1. The average molecular weight is 317 g/mol. The van der Waals surface area contributed by atoms with E-state index >= 15 is 0 Å². The van der Waals surface area contributed by atoms with E-state index in [2.05, 4.69) is 9.72 Å². The Labute approximate surface area is 125 Å². The highest BCUT2D eigenvalue weighted by Gasteiger charge is 2.13. The summed E-state index contributed by atoms with van der Waals surface area (Å²) >= 11 is 17.8. The minimum atomic E-state index is -0.578. The second-order valence-corrected chi connectivity index (χ2v) is 4.90. The first-order chi connectivity index (χ1) is 9.02. The van der Waals surface area contributed by atoms with Gasteiger partial charge in [-0.1, -0.05) is 40.9 Å². The Morgan fingerprint density at radius 2 is 1.74 bits per heavy atom. The summed E-state index contributed by atoms with van der Waals surface area (Å²) in [5.74, 6) is -0.578. The molecule has 19 heavy (non-hydrogen) atoms. The van der Waals surface area contributed by atoms with Crippen LogP contribution >= 0.6 is 34.8 Å². The number of ether oxygens (including phenoxy) is 1. The first-order valence-corrected chi connectivity index (χ1v) is 6.35. The van der Waals surface area contributed by atoms with Crippen molar-refractivity contribution in [1.82, 2.24) is 4.98 Å². The van der Waals surface area contributed by atoms with Gasteiger partial charge in [0.15, 0.2) is 5.69 Å². The Morgan fingerprint density at radius 1 is 1.05 bits per heavy atom. The summed E-state index contributed by atoms with van der Waals surface area (Å²) in [4.78, 5) is 15.4. The number of methoxy groups -OCH3 is 1. The van der Waals surface area contributed by atoms with Crippen LogP contribution in [-0.2, 0) is 4.74 Å². The quantitative estimate of drug-likeness (QED) is 0.766. The second kappa shape index (κ2) is 5.78. The Morgan fingerprint density at radius 3 is 2.32 bits per heavy atom. The van der Waals surface area contributed by atoms with E-state index in [0.717, 1.165) is 11.1 Å². The molecular weight excluding hydrogens is 309 g/mol. The maximum absolute atomic E-state index is 11.4. The zero-order valence-electron chi connectivity index (χ0n) is 9.78. The van der Waals surface area contributed by atoms with E-state index in [9.17, 15) is 4.79 Å². The van der Waals surface area contributed by atoms with E-state index in [0.29, 0.717) is 10.0 Å². The number of rotatable bonds is 2. The molecule has 0 radical (unpaired) electrons. The SMILES string of the molecule is COC(=O)c1ncc(-c2ccc(Cl)c(Cl)c2)cc1Cl. The van der Waals surface area contributed by atoms with Crippen molar-refractivity contribution in [3.05, 3.63) is 51.2 Å². The first-order valence-electron chi connectivity index (χ1n) is 5.22. The lowest BCUT2D eigenvalue weighted by molar-refractivity contribution is 0.0594. The molecule has 0 N–H and O–H groups in total. The van der Waals surface area contributed by atoms with Gasteiger partial charge < -0.3 is 4.74 Å². The van der Waals surface area contributed by atoms with Crippen LogP contribution < -0.4 is 0 Å². The van der Waals surface area contributed by atoms with Gasteiger partial charge in [0, 0.05) is 11.8 Å². The summed E-state index contributed by atoms with van der Waals surface area (Å²) in [6.07, 6.45) is 1.53. The highest BCUT2D eigenvalue weighted by molar-refractivity contribution is 6.42. The van der Waals surface area contributed by atoms with Crippen LogP contribution in [0.25, 0.3) is 11.1 Å². The predicted molar refractivity (Wildman–Crippen MR) is 76.0 cm³/mol. The number of aromatic nitrogens is 1. The van der Waals surface area contributed by atoms with Gasteiger partial charge in [-0.25, -0.2) is 9.78 Å². The van der Waals surface area contributed by atoms with Gasteiger partial charge in [-0.2, -0.15) is 0 Å². The zero-order valence-corrected chi connectivity index (χ0v) is 12.1. The van der Waals surface area contributed by atoms with Crippen molar-refractivity contribution in [3.8, 4) is 11.1 Å². The molecule has 0 bridgehead atoms. The molecule has 1 aromatic heterocycles. The highest BCUT2D eigenvalue weighted by Crippen LogP contribution is 2.30. The Kier molecular flexibility index (Phi) is 4.30. The molecular formula is C13H8Cl3NO2. The molecule has 1 heterocycles. The normalized spacial score (nSPS) is 10.3. The lowest BCUT2D eigenvalue weighted by Crippen LogP contribution is -2.05. The summed E-state index contributed by atoms with van der Waals surface area (Å²) in [5.41, 5.74) is 1.62. The fourth-order valence-electron chi connectivity index (χ4n) is 1.52. The van der Waals surface area contributed by atoms with Crippen molar-refractivity contribution in [2.75, 3.05) is 7.11 Å². The Balaban J connectivity index is 2.44. The summed E-state index contributed by atoms with van der Waals surface area (Å²) in [6.45, 7) is 0. The van der Waals surface area contributed by atoms with Gasteiger partial charge in [0.25, 0.3) is 0 Å². The Hall–Kier alpha value is -1.29. The third-order valence-corrected chi connectivity index (χ3v) is 3.50. The number of pyridine rings is 1. The molecule has 6 heteroatoms. The molecule has 0 aliphatic carbocycles. The van der Waals surface area contributed by atoms with Crippen molar-refractivity contribution in [2.24, 2.45) is 0 Å². The molecule has 0 saturated carbocycles. The molecule has 0 aliphatic heterocycles. The average Bonchev–Trinajstić information content (AvgIpc) is 2.41. The maximum Gasteiger partial charge on any atom is 0.358 e. The third-order valence-electron chi connectivity index (χ3n) is 2.47. The summed E-state index contributed by atoms with van der Waals surface area (Å²) in [5, 5.41) is 1.12. The van der Waals surface area contributed by atoms with Gasteiger partial charge >= 0.3 is 5.97 Å². The number of nitrogens with zero attached hydrogens (tertiary/aromatic N) is 1. The van der Waals surface area contributed by atoms with Gasteiger partial charge in [0.05, 0.1) is 22.2 Å². The number of carbonyl (C=O) groups excluding carboxylic acids is 1. The van der Waals surface area contributed by atoms with Crippen molar-refractivity contribution >= 4 is 40.8 Å². The van der Waals surface area contributed by atoms with Gasteiger partial charge in [-0.15, -0.1) is 0 Å². The van der Waals surface area contributed by atoms with Gasteiger partial charge in [0.2, 0.25) is 0 Å². The smallest absolute Gasteiger partial charge is 0.358 e. The number of halogens is 3. The number of hydrogen-bond donors (Lipinski definition) is 0. The molecule has 0 amide bonds. The van der Waals surface area contributed by atoms with Crippen LogP contribution in [0.2, 0.25) is 15.1 Å². The second-order valence-electron chi connectivity index (χ2n) is 3.67. The maximum atomic E-state index is 11.4. The molecule has 2 rings (SSSR count). The van der Waals surface area contributed by atoms with Gasteiger partial charge in [-0.3, -0.25) is 0 Å². The first kappa shape index (κ1) is 14.1. The van der Waals surface area contributed by atoms with Gasteiger partial charge in [0.1, 0.15) is 0 Å². The molecule has 0 spiro atoms. The largest absolute Gasteiger partial charge is 0.464 e. The summed E-state index contributed by atoms with van der Waals surface area (Å²) < 4.78 is 4.57. The molecule has 0 unspecified atom stereocenters. The lowest BCUT2D eigenvalue weighted by atomic mass is 10.1. The highest BCUT2D eigenvalue weighted by atomic mass is 35.5. The fourth-order valence-corrected chi connectivity index (χ4v) is 2.06. The van der Waals surface area contributed by atoms with Crippen molar-refractivity contribution < 1.29 is 9.53 Å². The third kappa shape index (κ3) is 3.00. The van der Waals surface area contributed by atoms with E-state index < -0.39 is 5.97 Å². The predicted octanol–water partition coefficient (Wildman–Crippen LogP) is 4.50. The van der Waals surface area contributed by atoms with E-state index in [1.54, 1.807) is 24.3 Å². The lowest BCUT2D eigenvalue weighted by Gasteiger charge is -2.06. The molecule has 2 aromatic rings. The van der Waals surface area contributed by atoms with E-state index in [4.69, 9.17) is 34.8 Å². The minimum Gasteiger partial charge on any atom is -0.464 e. The molecule has 3 nitrogen and oxygen atoms in total. The molecule has 0 atom stereocenters. The van der Waals surface area contributed by atoms with E-state index in [-0.39, 0.29) is 10.7 Å². The van der Waals surface area contributed by atoms with Gasteiger partial charge in [-0.05, 0) is 23.8 Å². The van der Waals surface area contributed by atoms with Crippen LogP contribution in [0.1, 0.15) is 10.5 Å². The zero-order chi connectivity index (χ0) is 14.0. The molecule has 0 aliphatic rings. The van der Waals surface area contributed by atoms with Crippen LogP contribution in [0, 0.1) is 0 Å². The standard InChI is InChI=1S/C13H8Cl3NO2/c1-19-13(18)12-11(16)5-8(6-17-12)7-2-3-9(14)10(15)4-7/h2-6H,1H3. The topological polar surface area (TPSA) is 39.2 Å². The van der Waals surface area contributed by atoms with Crippen molar-refractivity contribution in [1.29, 1.82) is 0 Å². The summed E-state index contributed by atoms with van der Waals surface area (Å²) in [7, 11) is 1.27. The number of hydrogen-bond acceptors (Lipinski definition) is 3. The number of esters is 1. The van der Waals surface area contributed by atoms with Crippen LogP contribution in [-0.4, -0.2) is 18.1 Å².